The van der Waals surface area contributed by atoms with Crippen LogP contribution in [0.25, 0.3) is 0 Å². The second-order valence-corrected chi connectivity index (χ2v) is 8.40. The van der Waals surface area contributed by atoms with Gasteiger partial charge >= 0.3 is 0 Å². The van der Waals surface area contributed by atoms with Crippen molar-refractivity contribution in [3.05, 3.63) is 35.4 Å². The van der Waals surface area contributed by atoms with E-state index >= 15 is 0 Å². The summed E-state index contributed by atoms with van der Waals surface area (Å²) in [6.07, 6.45) is 6.03. The molecule has 2 aliphatic heterocycles. The second kappa shape index (κ2) is 9.68. The molecule has 2 aromatic heterocycles. The van der Waals surface area contributed by atoms with Crippen LogP contribution in [0.3, 0.4) is 0 Å². The van der Waals surface area contributed by atoms with Crippen LogP contribution >= 0.6 is 0 Å². The highest BCUT2D eigenvalue weighted by Crippen LogP contribution is 2.30. The normalized spacial score (nSPS) is 18.2. The Morgan fingerprint density at radius 1 is 1.13 bits per heavy atom. The first-order valence-electron chi connectivity index (χ1n) is 11.1. The van der Waals surface area contributed by atoms with E-state index < -0.39 is 0 Å². The predicted molar refractivity (Wildman–Crippen MR) is 116 cm³/mol. The van der Waals surface area contributed by atoms with Crippen LogP contribution in [0, 0.1) is 12.8 Å². The fourth-order valence-electron chi connectivity index (χ4n) is 4.60. The van der Waals surface area contributed by atoms with Crippen molar-refractivity contribution >= 4 is 5.91 Å². The molecule has 0 spiro atoms. The Balaban J connectivity index is 1.39. The van der Waals surface area contributed by atoms with E-state index in [0.717, 1.165) is 58.5 Å². The van der Waals surface area contributed by atoms with E-state index in [9.17, 15) is 4.79 Å². The lowest BCUT2D eigenvalue weighted by Crippen LogP contribution is -2.39. The van der Waals surface area contributed by atoms with Crippen molar-refractivity contribution in [2.24, 2.45) is 5.92 Å². The summed E-state index contributed by atoms with van der Waals surface area (Å²) in [5.41, 5.74) is 1.70. The van der Waals surface area contributed by atoms with Gasteiger partial charge in [0.2, 0.25) is 11.8 Å². The van der Waals surface area contributed by atoms with Crippen LogP contribution in [0.5, 0.6) is 11.8 Å². The van der Waals surface area contributed by atoms with Crippen LogP contribution in [-0.2, 0) is 11.3 Å². The smallest absolute Gasteiger partial charge is 0.259 e. The van der Waals surface area contributed by atoms with E-state index in [1.54, 1.807) is 19.2 Å². The largest absolute Gasteiger partial charge is 0.481 e. The zero-order valence-electron chi connectivity index (χ0n) is 18.7. The molecule has 8 nitrogen and oxygen atoms in total. The number of ether oxygens (including phenoxy) is 3. The van der Waals surface area contributed by atoms with Gasteiger partial charge in [-0.2, -0.15) is 4.98 Å². The molecular formula is C23H32N4O4. The van der Waals surface area contributed by atoms with E-state index in [1.165, 1.54) is 18.6 Å². The lowest BCUT2D eigenvalue weighted by molar-refractivity contribution is 0.0675. The van der Waals surface area contributed by atoms with E-state index in [-0.39, 0.29) is 5.91 Å². The number of nitrogens with zero attached hydrogens (tertiary/aromatic N) is 4. The Hall–Kier alpha value is -2.61. The van der Waals surface area contributed by atoms with Crippen molar-refractivity contribution in [1.82, 2.24) is 19.4 Å². The van der Waals surface area contributed by atoms with E-state index in [4.69, 9.17) is 19.2 Å². The Kier molecular flexibility index (Phi) is 6.75. The first kappa shape index (κ1) is 21.6. The highest BCUT2D eigenvalue weighted by Gasteiger charge is 2.28. The van der Waals surface area contributed by atoms with E-state index in [1.807, 2.05) is 11.1 Å². The quantitative estimate of drug-likeness (QED) is 0.704. The summed E-state index contributed by atoms with van der Waals surface area (Å²) < 4.78 is 18.4. The summed E-state index contributed by atoms with van der Waals surface area (Å²) in [5.74, 6) is 2.93. The average Bonchev–Trinajstić information content (AvgIpc) is 3.19. The third kappa shape index (κ3) is 4.69. The molecule has 168 valence electrons. The van der Waals surface area contributed by atoms with Crippen molar-refractivity contribution < 1.29 is 19.0 Å². The van der Waals surface area contributed by atoms with Crippen molar-refractivity contribution in [1.29, 1.82) is 0 Å². The average molecular weight is 429 g/mol. The molecule has 2 saturated heterocycles. The van der Waals surface area contributed by atoms with Gasteiger partial charge in [-0.1, -0.05) is 0 Å². The van der Waals surface area contributed by atoms with Crippen molar-refractivity contribution in [3.63, 3.8) is 0 Å². The molecule has 0 saturated carbocycles. The van der Waals surface area contributed by atoms with Crippen LogP contribution in [0.1, 0.15) is 53.5 Å². The molecule has 0 bridgehead atoms. The number of likely N-dealkylation sites (tertiary alicyclic amines) is 1. The number of piperidine rings is 1. The molecule has 0 atom stereocenters. The monoisotopic (exact) mass is 428 g/mol. The van der Waals surface area contributed by atoms with Crippen molar-refractivity contribution in [3.8, 4) is 11.8 Å². The van der Waals surface area contributed by atoms with E-state index in [2.05, 4.69) is 16.5 Å². The minimum absolute atomic E-state index is 0.0350. The Bertz CT molecular complexity index is 899. The maximum Gasteiger partial charge on any atom is 0.259 e. The molecule has 2 fully saturated rings. The highest BCUT2D eigenvalue weighted by molar-refractivity contribution is 5.96. The summed E-state index contributed by atoms with van der Waals surface area (Å²) >= 11 is 0. The molecule has 0 N–H and O–H groups in total. The highest BCUT2D eigenvalue weighted by atomic mass is 16.5. The molecule has 4 heterocycles. The molecule has 31 heavy (non-hydrogen) atoms. The van der Waals surface area contributed by atoms with Crippen LogP contribution < -0.4 is 9.47 Å². The summed E-state index contributed by atoms with van der Waals surface area (Å²) in [6, 6.07) is 3.43. The standard InChI is InChI=1S/C23H32N4O4/c1-16-14-24-21(18-8-12-31-13-9-18)27(16)15-17-6-10-26(11-7-17)23(28)19-4-5-20(29-2)25-22(19)30-3/h4-5,14,17-18H,6-13,15H2,1-3H3. The van der Waals surface area contributed by atoms with Gasteiger partial charge in [-0.3, -0.25) is 4.79 Å². The van der Waals surface area contributed by atoms with Gasteiger partial charge in [-0.25, -0.2) is 4.98 Å². The summed E-state index contributed by atoms with van der Waals surface area (Å²) in [5, 5.41) is 0. The number of carbonyl (C=O) groups is 1. The van der Waals surface area contributed by atoms with Crippen LogP contribution in [0.4, 0.5) is 0 Å². The molecule has 0 radical (unpaired) electrons. The van der Waals surface area contributed by atoms with E-state index in [0.29, 0.717) is 29.2 Å². The second-order valence-electron chi connectivity index (χ2n) is 8.40. The predicted octanol–water partition coefficient (Wildman–Crippen LogP) is 3.05. The number of aromatic nitrogens is 3. The molecule has 4 rings (SSSR count). The number of methoxy groups -OCH3 is 2. The lowest BCUT2D eigenvalue weighted by atomic mass is 9.95. The summed E-state index contributed by atoms with van der Waals surface area (Å²) in [4.78, 5) is 23.9. The minimum Gasteiger partial charge on any atom is -0.481 e. The molecule has 2 aromatic rings. The zero-order chi connectivity index (χ0) is 21.8. The van der Waals surface area contributed by atoms with Crippen LogP contribution in [0.15, 0.2) is 18.3 Å². The van der Waals surface area contributed by atoms with Crippen molar-refractivity contribution in [2.45, 2.75) is 45.1 Å². The number of aryl methyl sites for hydroxylation is 1. The van der Waals surface area contributed by atoms with Crippen LogP contribution in [0.2, 0.25) is 0 Å². The molecule has 1 amide bonds. The van der Waals surface area contributed by atoms with Gasteiger partial charge in [0.25, 0.3) is 5.91 Å². The summed E-state index contributed by atoms with van der Waals surface area (Å²) in [7, 11) is 3.07. The SMILES string of the molecule is COc1ccc(C(=O)N2CCC(Cn3c(C)cnc3C3CCOCC3)CC2)c(OC)n1. The van der Waals surface area contributed by atoms with Gasteiger partial charge in [0.15, 0.2) is 0 Å². The number of carbonyl (C=O) groups excluding carboxylic acids is 1. The Labute approximate surface area is 183 Å². The fraction of sp³-hybridized carbons (Fsp3) is 0.609. The number of imidazole rings is 1. The molecule has 0 aliphatic carbocycles. The molecule has 0 aromatic carbocycles. The summed E-state index contributed by atoms with van der Waals surface area (Å²) in [6.45, 7) is 6.21. The van der Waals surface area contributed by atoms with Gasteiger partial charge in [0.05, 0.1) is 14.2 Å². The fourth-order valence-corrected chi connectivity index (χ4v) is 4.60. The van der Waals surface area contributed by atoms with Gasteiger partial charge < -0.3 is 23.7 Å². The maximum absolute atomic E-state index is 13.1. The zero-order valence-corrected chi connectivity index (χ0v) is 18.7. The third-order valence-electron chi connectivity index (χ3n) is 6.48. The number of rotatable bonds is 6. The Morgan fingerprint density at radius 2 is 1.87 bits per heavy atom. The van der Waals surface area contributed by atoms with Gasteiger partial charge in [0, 0.05) is 56.7 Å². The maximum atomic E-state index is 13.1. The van der Waals surface area contributed by atoms with Gasteiger partial charge in [-0.15, -0.1) is 0 Å². The number of hydrogen-bond acceptors (Lipinski definition) is 6. The lowest BCUT2D eigenvalue weighted by Gasteiger charge is -2.33. The molecule has 2 aliphatic rings. The first-order chi connectivity index (χ1) is 15.1. The number of hydrogen-bond donors (Lipinski definition) is 0. The minimum atomic E-state index is -0.0350. The first-order valence-corrected chi connectivity index (χ1v) is 11.1. The number of pyridine rings is 1. The molecular weight excluding hydrogens is 396 g/mol. The van der Waals surface area contributed by atoms with Gasteiger partial charge in [0.1, 0.15) is 11.4 Å². The molecule has 0 unspecified atom stereocenters. The molecule has 8 heteroatoms. The number of amides is 1. The Morgan fingerprint density at radius 3 is 2.55 bits per heavy atom. The van der Waals surface area contributed by atoms with Crippen molar-refractivity contribution in [2.75, 3.05) is 40.5 Å². The van der Waals surface area contributed by atoms with Gasteiger partial charge in [-0.05, 0) is 44.6 Å². The topological polar surface area (TPSA) is 78.7 Å². The van der Waals surface area contributed by atoms with Crippen LogP contribution in [-0.4, -0.2) is 65.9 Å². The third-order valence-corrected chi connectivity index (χ3v) is 6.48.